The van der Waals surface area contributed by atoms with Crippen LogP contribution >= 0.6 is 0 Å². The molecule has 0 spiro atoms. The largest absolute Gasteiger partial charge is 0.507 e. The minimum Gasteiger partial charge on any atom is -0.507 e. The molecule has 43 heavy (non-hydrogen) atoms. The van der Waals surface area contributed by atoms with E-state index in [2.05, 4.69) is 83.1 Å². The average molecular weight is 565 g/mol. The van der Waals surface area contributed by atoms with Gasteiger partial charge < -0.3 is 9.52 Å². The first kappa shape index (κ1) is 28.2. The Kier molecular flexibility index (Phi) is 7.45. The highest BCUT2D eigenvalue weighted by Crippen LogP contribution is 2.39. The number of aliphatic imine (C=N–C) groups is 1. The van der Waals surface area contributed by atoms with E-state index in [0.717, 1.165) is 44.5 Å². The number of para-hydroxylation sites is 1. The molecule has 0 aliphatic heterocycles. The van der Waals surface area contributed by atoms with Crippen molar-refractivity contribution in [3.05, 3.63) is 126 Å². The number of fused-ring (bicyclic) bond motifs is 1. The average Bonchev–Trinajstić information content (AvgIpc) is 3.44. The number of hydrogen-bond donors (Lipinski definition) is 1. The minimum atomic E-state index is -0.0438. The third-order valence-corrected chi connectivity index (χ3v) is 7.84. The van der Waals surface area contributed by atoms with Crippen LogP contribution in [0.3, 0.4) is 0 Å². The molecule has 0 amide bonds. The van der Waals surface area contributed by atoms with E-state index < -0.39 is 0 Å². The Labute approximate surface area is 253 Å². The van der Waals surface area contributed by atoms with Crippen molar-refractivity contribution in [2.45, 2.75) is 46.0 Å². The van der Waals surface area contributed by atoms with Crippen LogP contribution in [-0.2, 0) is 5.41 Å². The Morgan fingerprint density at radius 2 is 1.49 bits per heavy atom. The fraction of sp³-hybridized carbons (Fsp3) is 0.179. The highest BCUT2D eigenvalue weighted by Gasteiger charge is 2.18. The second-order valence-corrected chi connectivity index (χ2v) is 12.3. The number of rotatable bonds is 6. The van der Waals surface area contributed by atoms with Gasteiger partial charge in [-0.25, -0.2) is 4.98 Å². The molecule has 1 heterocycles. The molecule has 6 rings (SSSR count). The summed E-state index contributed by atoms with van der Waals surface area (Å²) in [5.74, 6) is 1.13. The molecule has 0 radical (unpaired) electrons. The van der Waals surface area contributed by atoms with Gasteiger partial charge in [0.25, 0.3) is 0 Å². The zero-order chi connectivity index (χ0) is 30.1. The lowest BCUT2D eigenvalue weighted by Gasteiger charge is -2.19. The van der Waals surface area contributed by atoms with Gasteiger partial charge in [0.2, 0.25) is 5.89 Å². The van der Waals surface area contributed by atoms with Crippen LogP contribution in [0.4, 0.5) is 5.69 Å². The summed E-state index contributed by atoms with van der Waals surface area (Å²) < 4.78 is 6.50. The Bertz CT molecular complexity index is 1940. The first-order chi connectivity index (χ1) is 20.7. The molecule has 5 aromatic carbocycles. The van der Waals surface area contributed by atoms with Crippen molar-refractivity contribution >= 4 is 23.0 Å². The molecule has 0 saturated carbocycles. The SMILES string of the molecule is CC(C)c1cccc(-c2cc(-c3ccccc3)c3nc(-c4ccccc4N=Cc4cc(C(C)(C)C)ccc4O)oc3c2)c1. The predicted molar refractivity (Wildman–Crippen MR) is 178 cm³/mol. The molecule has 0 aliphatic carbocycles. The molecule has 4 nitrogen and oxygen atoms in total. The van der Waals surface area contributed by atoms with E-state index in [1.54, 1.807) is 12.3 Å². The lowest BCUT2D eigenvalue weighted by atomic mass is 9.86. The van der Waals surface area contributed by atoms with Crippen LogP contribution in [0.25, 0.3) is 44.8 Å². The fourth-order valence-electron chi connectivity index (χ4n) is 5.26. The number of benzene rings is 5. The topological polar surface area (TPSA) is 58.6 Å². The van der Waals surface area contributed by atoms with Crippen molar-refractivity contribution in [3.8, 4) is 39.5 Å². The number of aromatic hydroxyl groups is 1. The van der Waals surface area contributed by atoms with E-state index in [4.69, 9.17) is 14.4 Å². The number of nitrogens with zero attached hydrogens (tertiary/aromatic N) is 2. The molecule has 6 aromatic rings. The molecule has 1 aromatic heterocycles. The van der Waals surface area contributed by atoms with E-state index in [1.165, 1.54) is 5.56 Å². The monoisotopic (exact) mass is 564 g/mol. The maximum atomic E-state index is 10.5. The fourth-order valence-corrected chi connectivity index (χ4v) is 5.26. The smallest absolute Gasteiger partial charge is 0.229 e. The van der Waals surface area contributed by atoms with Crippen molar-refractivity contribution in [1.82, 2.24) is 4.98 Å². The molecule has 0 saturated heterocycles. The van der Waals surface area contributed by atoms with Crippen LogP contribution in [0.1, 0.15) is 57.2 Å². The number of aromatic nitrogens is 1. The van der Waals surface area contributed by atoms with E-state index >= 15 is 0 Å². The van der Waals surface area contributed by atoms with Gasteiger partial charge in [-0.2, -0.15) is 0 Å². The lowest BCUT2D eigenvalue weighted by Crippen LogP contribution is -2.11. The molecule has 1 N–H and O–H groups in total. The van der Waals surface area contributed by atoms with Crippen LogP contribution in [0, 0.1) is 0 Å². The van der Waals surface area contributed by atoms with Crippen molar-refractivity contribution in [2.24, 2.45) is 4.99 Å². The van der Waals surface area contributed by atoms with Crippen molar-refractivity contribution in [2.75, 3.05) is 0 Å². The summed E-state index contributed by atoms with van der Waals surface area (Å²) in [6.45, 7) is 10.9. The molecule has 0 fully saturated rings. The maximum absolute atomic E-state index is 10.5. The van der Waals surface area contributed by atoms with Gasteiger partial charge in [-0.05, 0) is 75.5 Å². The maximum Gasteiger partial charge on any atom is 0.229 e. The summed E-state index contributed by atoms with van der Waals surface area (Å²) >= 11 is 0. The van der Waals surface area contributed by atoms with Gasteiger partial charge in [-0.1, -0.05) is 107 Å². The van der Waals surface area contributed by atoms with Crippen LogP contribution < -0.4 is 0 Å². The zero-order valence-electron chi connectivity index (χ0n) is 25.3. The van der Waals surface area contributed by atoms with Crippen molar-refractivity contribution in [3.63, 3.8) is 0 Å². The third-order valence-electron chi connectivity index (χ3n) is 7.84. The van der Waals surface area contributed by atoms with Gasteiger partial charge in [0.1, 0.15) is 11.3 Å². The van der Waals surface area contributed by atoms with Gasteiger partial charge >= 0.3 is 0 Å². The van der Waals surface area contributed by atoms with E-state index in [1.807, 2.05) is 54.6 Å². The number of phenols is 1. The summed E-state index contributed by atoms with van der Waals surface area (Å²) in [5.41, 5.74) is 10.4. The van der Waals surface area contributed by atoms with Gasteiger partial charge in [0.15, 0.2) is 5.58 Å². The highest BCUT2D eigenvalue weighted by molar-refractivity contribution is 5.97. The quantitative estimate of drug-likeness (QED) is 0.205. The van der Waals surface area contributed by atoms with Gasteiger partial charge in [-0.15, -0.1) is 0 Å². The summed E-state index contributed by atoms with van der Waals surface area (Å²) in [5, 5.41) is 10.5. The standard InChI is InChI=1S/C39H36N2O2/c1-25(2)27-14-11-15-28(20-27)29-22-33(26-12-7-6-8-13-26)37-36(23-29)43-38(41-37)32-16-9-10-17-34(32)40-24-30-21-31(39(3,4)5)18-19-35(30)42/h6-25,42H,1-5H3. The lowest BCUT2D eigenvalue weighted by molar-refractivity contribution is 0.473. The summed E-state index contributed by atoms with van der Waals surface area (Å²) in [7, 11) is 0. The van der Waals surface area contributed by atoms with Crippen molar-refractivity contribution in [1.29, 1.82) is 0 Å². The molecule has 0 atom stereocenters. The summed E-state index contributed by atoms with van der Waals surface area (Å²) in [6, 6.07) is 36.8. The van der Waals surface area contributed by atoms with Crippen LogP contribution in [0.5, 0.6) is 5.75 Å². The Balaban J connectivity index is 1.47. The van der Waals surface area contributed by atoms with Crippen LogP contribution in [0.15, 0.2) is 119 Å². The van der Waals surface area contributed by atoms with E-state index in [-0.39, 0.29) is 11.2 Å². The molecule has 0 bridgehead atoms. The molecular formula is C39H36N2O2. The first-order valence-electron chi connectivity index (χ1n) is 14.7. The Morgan fingerprint density at radius 1 is 0.744 bits per heavy atom. The Hall–Kier alpha value is -4.96. The van der Waals surface area contributed by atoms with Gasteiger partial charge in [-0.3, -0.25) is 4.99 Å². The van der Waals surface area contributed by atoms with Gasteiger partial charge in [0.05, 0.1) is 11.3 Å². The molecule has 4 heteroatoms. The minimum absolute atomic E-state index is 0.0438. The van der Waals surface area contributed by atoms with Crippen molar-refractivity contribution < 1.29 is 9.52 Å². The Morgan fingerprint density at radius 3 is 2.26 bits per heavy atom. The molecule has 214 valence electrons. The second-order valence-electron chi connectivity index (χ2n) is 12.3. The van der Waals surface area contributed by atoms with Crippen LogP contribution in [0.2, 0.25) is 0 Å². The second kappa shape index (κ2) is 11.4. The third kappa shape index (κ3) is 5.87. The highest BCUT2D eigenvalue weighted by atomic mass is 16.3. The normalized spacial score (nSPS) is 12.0. The summed E-state index contributed by atoms with van der Waals surface area (Å²) in [4.78, 5) is 9.82. The van der Waals surface area contributed by atoms with Crippen LogP contribution in [-0.4, -0.2) is 16.3 Å². The summed E-state index contributed by atoms with van der Waals surface area (Å²) in [6.07, 6.45) is 1.71. The molecular weight excluding hydrogens is 528 g/mol. The van der Waals surface area contributed by atoms with E-state index in [9.17, 15) is 5.11 Å². The number of phenolic OH excluding ortho intramolecular Hbond substituents is 1. The van der Waals surface area contributed by atoms with Gasteiger partial charge in [0, 0.05) is 17.3 Å². The zero-order valence-corrected chi connectivity index (χ0v) is 25.3. The number of oxazole rings is 1. The van der Waals surface area contributed by atoms with E-state index in [0.29, 0.717) is 23.1 Å². The number of hydrogen-bond acceptors (Lipinski definition) is 4. The molecule has 0 aliphatic rings. The molecule has 0 unspecified atom stereocenters. The first-order valence-corrected chi connectivity index (χ1v) is 14.7. The predicted octanol–water partition coefficient (Wildman–Crippen LogP) is 10.7.